The third-order valence-corrected chi connectivity index (χ3v) is 4.84. The standard InChI is InChI=1S/C14H16N6O5S/c1-24-9-20-14(21)19-8-15-13(12(19)17-18-20)26(22,23)16-7-10-3-5-11(25-2)6-4-10/h3-6,8,16H,7,9H2,1-2H3. The SMILES string of the molecule is COCn1nnc2c(S(=O)(=O)NCc3ccc(OC)cc3)ncn2c1=O. The third kappa shape index (κ3) is 3.42. The topological polar surface area (TPSA) is 130 Å². The Morgan fingerprint density at radius 2 is 1.92 bits per heavy atom. The maximum atomic E-state index is 12.5. The summed E-state index contributed by atoms with van der Waals surface area (Å²) in [4.78, 5) is 16.0. The average molecular weight is 380 g/mol. The third-order valence-electron chi connectivity index (χ3n) is 3.52. The molecule has 0 radical (unpaired) electrons. The lowest BCUT2D eigenvalue weighted by molar-refractivity contribution is 0.111. The molecule has 12 heteroatoms. The minimum atomic E-state index is -3.99. The average Bonchev–Trinajstić information content (AvgIpc) is 3.09. The van der Waals surface area contributed by atoms with Gasteiger partial charge in [0.1, 0.15) is 18.8 Å². The van der Waals surface area contributed by atoms with Crippen molar-refractivity contribution in [3.8, 4) is 5.75 Å². The molecule has 11 nitrogen and oxygen atoms in total. The van der Waals surface area contributed by atoms with Crippen LogP contribution < -0.4 is 15.1 Å². The van der Waals surface area contributed by atoms with E-state index in [0.717, 1.165) is 21.0 Å². The van der Waals surface area contributed by atoms with Crippen molar-refractivity contribution in [2.24, 2.45) is 0 Å². The second kappa shape index (κ2) is 7.19. The molecule has 0 saturated heterocycles. The molecule has 2 heterocycles. The molecule has 0 fully saturated rings. The van der Waals surface area contributed by atoms with E-state index in [4.69, 9.17) is 9.47 Å². The Labute approximate surface area is 148 Å². The smallest absolute Gasteiger partial charge is 0.355 e. The fraction of sp³-hybridized carbons (Fsp3) is 0.286. The predicted molar refractivity (Wildman–Crippen MR) is 89.1 cm³/mol. The molecule has 0 amide bonds. The van der Waals surface area contributed by atoms with Crippen molar-refractivity contribution in [3.05, 3.63) is 46.6 Å². The highest BCUT2D eigenvalue weighted by molar-refractivity contribution is 7.89. The van der Waals surface area contributed by atoms with E-state index in [0.29, 0.717) is 5.75 Å². The number of benzene rings is 1. The molecule has 138 valence electrons. The van der Waals surface area contributed by atoms with Gasteiger partial charge >= 0.3 is 5.69 Å². The lowest BCUT2D eigenvalue weighted by Crippen LogP contribution is -2.31. The molecule has 0 bridgehead atoms. The molecule has 0 atom stereocenters. The quantitative estimate of drug-likeness (QED) is 0.574. The Bertz CT molecular complexity index is 1070. The van der Waals surface area contributed by atoms with E-state index in [9.17, 15) is 13.2 Å². The van der Waals surface area contributed by atoms with Crippen LogP contribution in [-0.4, -0.2) is 47.0 Å². The highest BCUT2D eigenvalue weighted by Gasteiger charge is 2.23. The van der Waals surface area contributed by atoms with Crippen LogP contribution in [0.3, 0.4) is 0 Å². The lowest BCUT2D eigenvalue weighted by atomic mass is 10.2. The maximum absolute atomic E-state index is 12.5. The van der Waals surface area contributed by atoms with Gasteiger partial charge in [-0.1, -0.05) is 17.3 Å². The van der Waals surface area contributed by atoms with Gasteiger partial charge in [-0.15, -0.1) is 5.10 Å². The number of hydrogen-bond acceptors (Lipinski definition) is 8. The second-order valence-electron chi connectivity index (χ2n) is 5.21. The summed E-state index contributed by atoms with van der Waals surface area (Å²) < 4.78 is 39.3. The Kier molecular flexibility index (Phi) is 4.97. The van der Waals surface area contributed by atoms with Crippen molar-refractivity contribution < 1.29 is 17.9 Å². The minimum absolute atomic E-state index is 0.0412. The van der Waals surface area contributed by atoms with Crippen molar-refractivity contribution in [2.75, 3.05) is 14.2 Å². The molecule has 3 aromatic rings. The molecular formula is C14H16N6O5S. The molecule has 0 aliphatic rings. The number of hydrogen-bond donors (Lipinski definition) is 1. The van der Waals surface area contributed by atoms with Gasteiger partial charge in [0.25, 0.3) is 10.0 Å². The summed E-state index contributed by atoms with van der Waals surface area (Å²) >= 11 is 0. The molecule has 3 rings (SSSR count). The van der Waals surface area contributed by atoms with Crippen molar-refractivity contribution in [2.45, 2.75) is 18.3 Å². The van der Waals surface area contributed by atoms with Crippen LogP contribution in [0.5, 0.6) is 5.75 Å². The summed E-state index contributed by atoms with van der Waals surface area (Å²) in [6.07, 6.45) is 1.08. The summed E-state index contributed by atoms with van der Waals surface area (Å²) in [5.74, 6) is 0.666. The van der Waals surface area contributed by atoms with Gasteiger partial charge in [-0.25, -0.2) is 27.3 Å². The second-order valence-corrected chi connectivity index (χ2v) is 6.89. The Morgan fingerprint density at radius 1 is 1.19 bits per heavy atom. The number of aromatic nitrogens is 5. The van der Waals surface area contributed by atoms with Gasteiger partial charge in [-0.3, -0.25) is 0 Å². The van der Waals surface area contributed by atoms with Gasteiger partial charge < -0.3 is 9.47 Å². The van der Waals surface area contributed by atoms with Crippen LogP contribution in [0.2, 0.25) is 0 Å². The first-order valence-corrected chi connectivity index (χ1v) is 8.87. The zero-order chi connectivity index (χ0) is 18.7. The number of fused-ring (bicyclic) bond motifs is 1. The van der Waals surface area contributed by atoms with Crippen molar-refractivity contribution >= 4 is 15.7 Å². The van der Waals surface area contributed by atoms with Crippen LogP contribution in [0.15, 0.2) is 40.4 Å². The van der Waals surface area contributed by atoms with Gasteiger partial charge in [0.2, 0.25) is 10.7 Å². The van der Waals surface area contributed by atoms with E-state index >= 15 is 0 Å². The van der Waals surface area contributed by atoms with E-state index in [1.165, 1.54) is 7.11 Å². The van der Waals surface area contributed by atoms with Crippen LogP contribution in [0.4, 0.5) is 0 Å². The first-order valence-electron chi connectivity index (χ1n) is 7.38. The van der Waals surface area contributed by atoms with Crippen molar-refractivity contribution in [1.29, 1.82) is 0 Å². The first kappa shape index (κ1) is 18.0. The maximum Gasteiger partial charge on any atom is 0.355 e. The molecule has 1 aromatic carbocycles. The fourth-order valence-electron chi connectivity index (χ4n) is 2.20. The summed E-state index contributed by atoms with van der Waals surface area (Å²) in [5.41, 5.74) is -0.0445. The van der Waals surface area contributed by atoms with Gasteiger partial charge in [0, 0.05) is 13.7 Å². The summed E-state index contributed by atoms with van der Waals surface area (Å²) in [5, 5.41) is 7.03. The number of imidazole rings is 1. The zero-order valence-corrected chi connectivity index (χ0v) is 14.8. The zero-order valence-electron chi connectivity index (χ0n) is 14.0. The molecule has 1 N–H and O–H groups in total. The predicted octanol–water partition coefficient (Wildman–Crippen LogP) is -0.623. The lowest BCUT2D eigenvalue weighted by Gasteiger charge is -2.06. The number of nitrogens with one attached hydrogen (secondary N) is 1. The molecule has 2 aromatic heterocycles. The molecule has 0 unspecified atom stereocenters. The Hall–Kier alpha value is -2.83. The molecule has 0 aliphatic heterocycles. The van der Waals surface area contributed by atoms with Gasteiger partial charge in [0.05, 0.1) is 7.11 Å². The Morgan fingerprint density at radius 3 is 2.58 bits per heavy atom. The largest absolute Gasteiger partial charge is 0.497 e. The van der Waals surface area contributed by atoms with Gasteiger partial charge in [0.15, 0.2) is 0 Å². The highest BCUT2D eigenvalue weighted by atomic mass is 32.2. The van der Waals surface area contributed by atoms with Crippen LogP contribution in [0, 0.1) is 0 Å². The Balaban J connectivity index is 1.87. The fourth-order valence-corrected chi connectivity index (χ4v) is 3.26. The molecule has 0 aliphatic carbocycles. The number of nitrogens with zero attached hydrogens (tertiary/aromatic N) is 5. The van der Waals surface area contributed by atoms with Crippen molar-refractivity contribution in [3.63, 3.8) is 0 Å². The minimum Gasteiger partial charge on any atom is -0.497 e. The summed E-state index contributed by atoms with van der Waals surface area (Å²) in [7, 11) is -1.06. The monoisotopic (exact) mass is 380 g/mol. The molecule has 0 saturated carbocycles. The normalized spacial score (nSPS) is 11.8. The number of ether oxygens (including phenoxy) is 2. The number of rotatable bonds is 7. The van der Waals surface area contributed by atoms with Crippen LogP contribution in [0.25, 0.3) is 5.65 Å². The van der Waals surface area contributed by atoms with Gasteiger partial charge in [-0.05, 0) is 17.7 Å². The van der Waals surface area contributed by atoms with E-state index in [2.05, 4.69) is 20.0 Å². The van der Waals surface area contributed by atoms with Gasteiger partial charge in [-0.2, -0.15) is 4.68 Å². The van der Waals surface area contributed by atoms with Crippen LogP contribution in [0.1, 0.15) is 5.56 Å². The van der Waals surface area contributed by atoms with Crippen LogP contribution >= 0.6 is 0 Å². The number of sulfonamides is 1. The number of methoxy groups -OCH3 is 2. The van der Waals surface area contributed by atoms with E-state index in [-0.39, 0.29) is 23.9 Å². The molecular weight excluding hydrogens is 364 g/mol. The van der Waals surface area contributed by atoms with E-state index in [1.54, 1.807) is 31.4 Å². The van der Waals surface area contributed by atoms with E-state index < -0.39 is 15.7 Å². The highest BCUT2D eigenvalue weighted by Crippen LogP contribution is 2.14. The van der Waals surface area contributed by atoms with E-state index in [1.807, 2.05) is 0 Å². The van der Waals surface area contributed by atoms with Crippen molar-refractivity contribution in [1.82, 2.24) is 29.1 Å². The summed E-state index contributed by atoms with van der Waals surface area (Å²) in [6, 6.07) is 6.91. The molecule has 26 heavy (non-hydrogen) atoms. The first-order chi connectivity index (χ1) is 12.5. The summed E-state index contributed by atoms with van der Waals surface area (Å²) in [6.45, 7) is -0.0721. The van der Waals surface area contributed by atoms with Crippen LogP contribution in [-0.2, 0) is 28.0 Å². The molecule has 0 spiro atoms.